The van der Waals surface area contributed by atoms with E-state index in [0.717, 1.165) is 36.2 Å². The van der Waals surface area contributed by atoms with Crippen LogP contribution in [-0.4, -0.2) is 50.3 Å². The van der Waals surface area contributed by atoms with E-state index in [0.29, 0.717) is 12.2 Å². The number of piperidine rings is 1. The molecule has 1 aliphatic heterocycles. The zero-order chi connectivity index (χ0) is 16.5. The van der Waals surface area contributed by atoms with Crippen LogP contribution in [-0.2, 0) is 4.74 Å². The number of ether oxygens (including phenoxy) is 2. The van der Waals surface area contributed by atoms with Gasteiger partial charge in [0.1, 0.15) is 18.9 Å². The summed E-state index contributed by atoms with van der Waals surface area (Å²) in [5.41, 5.74) is 0.592. The fourth-order valence-electron chi connectivity index (χ4n) is 2.96. The number of likely N-dealkylation sites (N-methyl/N-ethyl adjacent to an activating group) is 1. The second-order valence-corrected chi connectivity index (χ2v) is 6.71. The van der Waals surface area contributed by atoms with Crippen LogP contribution in [0.15, 0.2) is 24.3 Å². The highest BCUT2D eigenvalue weighted by atomic mass is 127. The average molecular weight is 447 g/mol. The summed E-state index contributed by atoms with van der Waals surface area (Å²) in [4.78, 5) is 12.1. The second kappa shape index (κ2) is 10.9. The van der Waals surface area contributed by atoms with E-state index in [1.807, 2.05) is 12.1 Å². The van der Waals surface area contributed by atoms with Crippen LogP contribution in [0.1, 0.15) is 49.4 Å². The number of rotatable bonds is 8. The molecule has 136 valence electrons. The molecule has 1 aromatic rings. The fraction of sp³-hybridized carbons (Fsp3) is 0.632. The minimum atomic E-state index is -0.242. The van der Waals surface area contributed by atoms with E-state index < -0.39 is 0 Å². The molecule has 0 radical (unpaired) electrons. The number of halogens is 1. The Hall–Kier alpha value is -0.820. The van der Waals surface area contributed by atoms with E-state index >= 15 is 0 Å². The maximum Gasteiger partial charge on any atom is 0.338 e. The molecular weight excluding hydrogens is 417 g/mol. The first kappa shape index (κ1) is 21.2. The van der Waals surface area contributed by atoms with Crippen LogP contribution < -0.4 is 28.7 Å². The lowest BCUT2D eigenvalue weighted by Crippen LogP contribution is -3.00. The van der Waals surface area contributed by atoms with Crippen LogP contribution in [0, 0.1) is 0 Å². The van der Waals surface area contributed by atoms with Crippen molar-refractivity contribution in [2.75, 3.05) is 39.9 Å². The molecule has 1 heterocycles. The van der Waals surface area contributed by atoms with Gasteiger partial charge in [-0.2, -0.15) is 0 Å². The standard InChI is InChI=1S/C19H30NO3.HI/c1-3-4-15-22-18-10-8-17(9-11-18)19(21)23-16-14-20(2)12-6-5-7-13-20;/h8-11H,3-7,12-16H2,1-2H3;1H/q+1;/p-1. The van der Waals surface area contributed by atoms with E-state index in [9.17, 15) is 4.79 Å². The Morgan fingerprint density at radius 3 is 2.38 bits per heavy atom. The van der Waals surface area contributed by atoms with E-state index in [-0.39, 0.29) is 29.9 Å². The molecule has 5 heteroatoms. The van der Waals surface area contributed by atoms with Crippen molar-refractivity contribution < 1.29 is 42.7 Å². The molecule has 0 spiro atoms. The van der Waals surface area contributed by atoms with Gasteiger partial charge in [0, 0.05) is 0 Å². The lowest BCUT2D eigenvalue weighted by Gasteiger charge is -2.37. The number of carbonyl (C=O) groups is 1. The molecule has 0 aliphatic carbocycles. The summed E-state index contributed by atoms with van der Waals surface area (Å²) < 4.78 is 12.1. The number of nitrogens with zero attached hydrogens (tertiary/aromatic N) is 1. The van der Waals surface area contributed by atoms with E-state index in [2.05, 4.69) is 14.0 Å². The third-order valence-corrected chi connectivity index (χ3v) is 4.62. The van der Waals surface area contributed by atoms with Gasteiger partial charge < -0.3 is 37.9 Å². The van der Waals surface area contributed by atoms with Gasteiger partial charge in [0.25, 0.3) is 0 Å². The maximum absolute atomic E-state index is 12.1. The minimum absolute atomic E-state index is 0. The molecule has 0 aromatic heterocycles. The minimum Gasteiger partial charge on any atom is -1.00 e. The Morgan fingerprint density at radius 2 is 1.75 bits per heavy atom. The number of hydrogen-bond donors (Lipinski definition) is 0. The van der Waals surface area contributed by atoms with Crippen molar-refractivity contribution in [3.8, 4) is 5.75 Å². The summed E-state index contributed by atoms with van der Waals surface area (Å²) in [7, 11) is 2.26. The van der Waals surface area contributed by atoms with Crippen molar-refractivity contribution in [3.63, 3.8) is 0 Å². The molecule has 0 bridgehead atoms. The van der Waals surface area contributed by atoms with Gasteiger partial charge in [-0.3, -0.25) is 0 Å². The molecule has 1 saturated heterocycles. The second-order valence-electron chi connectivity index (χ2n) is 6.71. The number of unbranched alkanes of at least 4 members (excludes halogenated alkanes) is 1. The van der Waals surface area contributed by atoms with Gasteiger partial charge in [-0.25, -0.2) is 4.79 Å². The Bertz CT molecular complexity index is 484. The molecule has 4 nitrogen and oxygen atoms in total. The van der Waals surface area contributed by atoms with Crippen molar-refractivity contribution in [1.29, 1.82) is 0 Å². The lowest BCUT2D eigenvalue weighted by molar-refractivity contribution is -0.914. The monoisotopic (exact) mass is 447 g/mol. The van der Waals surface area contributed by atoms with Crippen LogP contribution in [0.5, 0.6) is 5.75 Å². The molecule has 0 amide bonds. The van der Waals surface area contributed by atoms with Crippen molar-refractivity contribution in [1.82, 2.24) is 0 Å². The van der Waals surface area contributed by atoms with Gasteiger partial charge in [0.15, 0.2) is 0 Å². The van der Waals surface area contributed by atoms with Gasteiger partial charge in [-0.05, 0) is 49.9 Å². The van der Waals surface area contributed by atoms with E-state index in [4.69, 9.17) is 9.47 Å². The summed E-state index contributed by atoms with van der Waals surface area (Å²) in [6.07, 6.45) is 6.05. The number of esters is 1. The number of benzene rings is 1. The van der Waals surface area contributed by atoms with Crippen molar-refractivity contribution in [2.45, 2.75) is 39.0 Å². The SMILES string of the molecule is CCCCOc1ccc(C(=O)OCC[N+]2(C)CCCCC2)cc1.[I-]. The third-order valence-electron chi connectivity index (χ3n) is 4.62. The summed E-state index contributed by atoms with van der Waals surface area (Å²) in [5.74, 6) is 0.565. The highest BCUT2D eigenvalue weighted by Gasteiger charge is 2.24. The Balaban J connectivity index is 0.00000288. The summed E-state index contributed by atoms with van der Waals surface area (Å²) in [5, 5.41) is 0. The first-order chi connectivity index (χ1) is 11.1. The smallest absolute Gasteiger partial charge is 0.338 e. The highest BCUT2D eigenvalue weighted by molar-refractivity contribution is 5.89. The molecule has 0 N–H and O–H groups in total. The molecule has 1 aliphatic rings. The van der Waals surface area contributed by atoms with Crippen LogP contribution in [0.2, 0.25) is 0 Å². The van der Waals surface area contributed by atoms with Crippen LogP contribution in [0.3, 0.4) is 0 Å². The molecule has 24 heavy (non-hydrogen) atoms. The summed E-state index contributed by atoms with van der Waals surface area (Å²) in [6.45, 7) is 6.64. The van der Waals surface area contributed by atoms with Crippen molar-refractivity contribution in [3.05, 3.63) is 29.8 Å². The predicted octanol–water partition coefficient (Wildman–Crippen LogP) is 0.657. The number of quaternary nitrogens is 1. The zero-order valence-electron chi connectivity index (χ0n) is 14.9. The van der Waals surface area contributed by atoms with Gasteiger partial charge in [-0.15, -0.1) is 0 Å². The van der Waals surface area contributed by atoms with Crippen LogP contribution in [0.4, 0.5) is 0 Å². The predicted molar refractivity (Wildman–Crippen MR) is 91.8 cm³/mol. The quantitative estimate of drug-likeness (QED) is 0.254. The van der Waals surface area contributed by atoms with E-state index in [1.165, 1.54) is 32.4 Å². The maximum atomic E-state index is 12.1. The third kappa shape index (κ3) is 6.97. The zero-order valence-corrected chi connectivity index (χ0v) is 17.1. The Morgan fingerprint density at radius 1 is 1.08 bits per heavy atom. The number of hydrogen-bond acceptors (Lipinski definition) is 3. The van der Waals surface area contributed by atoms with Crippen molar-refractivity contribution >= 4 is 5.97 Å². The molecule has 2 rings (SSSR count). The molecule has 1 aromatic carbocycles. The molecular formula is C19H30INO3. The topological polar surface area (TPSA) is 35.5 Å². The Labute approximate surface area is 163 Å². The van der Waals surface area contributed by atoms with Crippen LogP contribution in [0.25, 0.3) is 0 Å². The molecule has 0 saturated carbocycles. The number of carbonyl (C=O) groups excluding carboxylic acids is 1. The normalized spacial score (nSPS) is 16.1. The first-order valence-electron chi connectivity index (χ1n) is 8.86. The molecule has 1 fully saturated rings. The molecule has 0 unspecified atom stereocenters. The Kier molecular flexibility index (Phi) is 9.66. The van der Waals surface area contributed by atoms with Crippen LogP contribution >= 0.6 is 0 Å². The largest absolute Gasteiger partial charge is 1.00 e. The molecule has 0 atom stereocenters. The fourth-order valence-corrected chi connectivity index (χ4v) is 2.96. The number of likely N-dealkylation sites (tertiary alicyclic amines) is 1. The summed E-state index contributed by atoms with van der Waals surface area (Å²) >= 11 is 0. The van der Waals surface area contributed by atoms with Crippen molar-refractivity contribution in [2.24, 2.45) is 0 Å². The average Bonchev–Trinajstić information content (AvgIpc) is 2.56. The van der Waals surface area contributed by atoms with Gasteiger partial charge >= 0.3 is 5.97 Å². The summed E-state index contributed by atoms with van der Waals surface area (Å²) in [6, 6.07) is 7.23. The van der Waals surface area contributed by atoms with E-state index in [1.54, 1.807) is 12.1 Å². The highest BCUT2D eigenvalue weighted by Crippen LogP contribution is 2.16. The van der Waals surface area contributed by atoms with Gasteiger partial charge in [0.05, 0.1) is 32.3 Å². The van der Waals surface area contributed by atoms with Gasteiger partial charge in [0.2, 0.25) is 0 Å². The van der Waals surface area contributed by atoms with Gasteiger partial charge in [-0.1, -0.05) is 13.3 Å². The first-order valence-corrected chi connectivity index (χ1v) is 8.86. The lowest BCUT2D eigenvalue weighted by atomic mass is 10.1.